The summed E-state index contributed by atoms with van der Waals surface area (Å²) in [4.78, 5) is 2.16. The van der Waals surface area contributed by atoms with Crippen LogP contribution in [0.1, 0.15) is 18.4 Å². The summed E-state index contributed by atoms with van der Waals surface area (Å²) in [6.45, 7) is 3.11. The Bertz CT molecular complexity index is 895. The van der Waals surface area contributed by atoms with Gasteiger partial charge in [-0.15, -0.1) is 0 Å². The Hall–Kier alpha value is -2.12. The molecule has 0 radical (unpaired) electrons. The first-order chi connectivity index (χ1) is 12.9. The Labute approximate surface area is 160 Å². The van der Waals surface area contributed by atoms with Crippen molar-refractivity contribution in [3.8, 4) is 5.75 Å². The maximum absolute atomic E-state index is 14.5. The van der Waals surface area contributed by atoms with Gasteiger partial charge in [0.1, 0.15) is 0 Å². The van der Waals surface area contributed by atoms with Gasteiger partial charge in [-0.05, 0) is 64.2 Å². The molecule has 1 aliphatic heterocycles. The first kappa shape index (κ1) is 19.6. The molecule has 27 heavy (non-hydrogen) atoms. The first-order valence-electron chi connectivity index (χ1n) is 8.97. The van der Waals surface area contributed by atoms with Crippen LogP contribution >= 0.6 is 0 Å². The highest BCUT2D eigenvalue weighted by Crippen LogP contribution is 2.33. The molecule has 7 heteroatoms. The molecule has 2 aromatic rings. The van der Waals surface area contributed by atoms with E-state index in [0.717, 1.165) is 25.9 Å². The lowest BCUT2D eigenvalue weighted by molar-refractivity contribution is 0.257. The first-order valence-corrected chi connectivity index (χ1v) is 10.4. The van der Waals surface area contributed by atoms with Gasteiger partial charge in [0.2, 0.25) is 0 Å². The molecular weight excluding hydrogens is 367 g/mol. The number of halogens is 1. The Morgan fingerprint density at radius 1 is 1.11 bits per heavy atom. The average molecular weight is 392 g/mol. The van der Waals surface area contributed by atoms with E-state index < -0.39 is 15.8 Å². The zero-order chi connectivity index (χ0) is 19.6. The Kier molecular flexibility index (Phi) is 5.72. The monoisotopic (exact) mass is 392 g/mol. The van der Waals surface area contributed by atoms with Gasteiger partial charge in [0, 0.05) is 11.6 Å². The molecule has 1 saturated heterocycles. The van der Waals surface area contributed by atoms with Crippen LogP contribution in [-0.2, 0) is 10.0 Å². The van der Waals surface area contributed by atoms with Crippen molar-refractivity contribution in [2.45, 2.75) is 30.7 Å². The summed E-state index contributed by atoms with van der Waals surface area (Å²) in [5, 5.41) is 0. The number of para-hydroxylation sites is 1. The maximum atomic E-state index is 14.5. The van der Waals surface area contributed by atoms with Crippen molar-refractivity contribution in [1.82, 2.24) is 4.90 Å². The minimum Gasteiger partial charge on any atom is -0.494 e. The van der Waals surface area contributed by atoms with Crippen LogP contribution < -0.4 is 9.04 Å². The third-order valence-electron chi connectivity index (χ3n) is 5.09. The number of hydrogen-bond acceptors (Lipinski definition) is 4. The summed E-state index contributed by atoms with van der Waals surface area (Å²) >= 11 is 0. The number of rotatable bonds is 5. The van der Waals surface area contributed by atoms with Crippen LogP contribution in [0.3, 0.4) is 0 Å². The van der Waals surface area contributed by atoms with Crippen molar-refractivity contribution in [2.24, 2.45) is 0 Å². The molecule has 0 amide bonds. The highest BCUT2D eigenvalue weighted by atomic mass is 32.2. The topological polar surface area (TPSA) is 49.9 Å². The van der Waals surface area contributed by atoms with Crippen LogP contribution in [-0.4, -0.2) is 46.6 Å². The summed E-state index contributed by atoms with van der Waals surface area (Å²) in [6.07, 6.45) is 1.45. The molecule has 1 heterocycles. The van der Waals surface area contributed by atoms with Crippen LogP contribution in [0.25, 0.3) is 0 Å². The predicted molar refractivity (Wildman–Crippen MR) is 104 cm³/mol. The van der Waals surface area contributed by atoms with Gasteiger partial charge in [-0.25, -0.2) is 12.8 Å². The molecule has 2 aromatic carbocycles. The van der Waals surface area contributed by atoms with Crippen LogP contribution in [0.4, 0.5) is 10.1 Å². The van der Waals surface area contributed by atoms with Crippen molar-refractivity contribution in [1.29, 1.82) is 0 Å². The van der Waals surface area contributed by atoms with Crippen molar-refractivity contribution < 1.29 is 17.5 Å². The zero-order valence-electron chi connectivity index (χ0n) is 15.9. The molecule has 0 aliphatic carbocycles. The standard InChI is InChI=1S/C20H25FN2O3S/c1-15-19(10-9-18(26-3)20(15)21)27(24,25)23(16-7-5-4-6-8-16)17-11-13-22(2)14-12-17/h4-10,17H,11-14H2,1-3H3. The second kappa shape index (κ2) is 7.86. The Morgan fingerprint density at radius 3 is 2.33 bits per heavy atom. The molecule has 0 bridgehead atoms. The summed E-state index contributed by atoms with van der Waals surface area (Å²) < 4.78 is 48.2. The lowest BCUT2D eigenvalue weighted by Gasteiger charge is -2.38. The van der Waals surface area contributed by atoms with E-state index in [1.165, 1.54) is 30.5 Å². The molecule has 0 atom stereocenters. The fraction of sp³-hybridized carbons (Fsp3) is 0.400. The molecule has 146 valence electrons. The van der Waals surface area contributed by atoms with E-state index in [0.29, 0.717) is 5.69 Å². The van der Waals surface area contributed by atoms with E-state index >= 15 is 0 Å². The summed E-state index contributed by atoms with van der Waals surface area (Å²) in [7, 11) is -0.540. The minimum absolute atomic E-state index is 0.0245. The van der Waals surface area contributed by atoms with E-state index in [9.17, 15) is 12.8 Å². The number of likely N-dealkylation sites (tertiary alicyclic amines) is 1. The second-order valence-corrected chi connectivity index (χ2v) is 8.66. The van der Waals surface area contributed by atoms with Gasteiger partial charge < -0.3 is 9.64 Å². The average Bonchev–Trinajstić information content (AvgIpc) is 2.66. The van der Waals surface area contributed by atoms with Crippen LogP contribution in [0, 0.1) is 12.7 Å². The molecular formula is C20H25FN2O3S. The van der Waals surface area contributed by atoms with Crippen LogP contribution in [0.2, 0.25) is 0 Å². The smallest absolute Gasteiger partial charge is 0.264 e. The number of hydrogen-bond donors (Lipinski definition) is 0. The van der Waals surface area contributed by atoms with Gasteiger partial charge in [-0.3, -0.25) is 4.31 Å². The Morgan fingerprint density at radius 2 is 1.74 bits per heavy atom. The van der Waals surface area contributed by atoms with Crippen molar-refractivity contribution >= 4 is 15.7 Å². The van der Waals surface area contributed by atoms with Crippen LogP contribution in [0.5, 0.6) is 5.75 Å². The van der Waals surface area contributed by atoms with Gasteiger partial charge in [0.25, 0.3) is 10.0 Å². The highest BCUT2D eigenvalue weighted by Gasteiger charge is 2.35. The zero-order valence-corrected chi connectivity index (χ0v) is 16.7. The molecule has 0 unspecified atom stereocenters. The number of ether oxygens (including phenoxy) is 1. The van der Waals surface area contributed by atoms with Gasteiger partial charge in [-0.2, -0.15) is 0 Å². The number of sulfonamides is 1. The summed E-state index contributed by atoms with van der Waals surface area (Å²) in [5.41, 5.74) is 0.672. The molecule has 0 aromatic heterocycles. The molecule has 5 nitrogen and oxygen atoms in total. The summed E-state index contributed by atoms with van der Waals surface area (Å²) in [5.74, 6) is -0.605. The van der Waals surface area contributed by atoms with E-state index in [1.54, 1.807) is 12.1 Å². The largest absolute Gasteiger partial charge is 0.494 e. The second-order valence-electron chi connectivity index (χ2n) is 6.88. The third kappa shape index (κ3) is 3.80. The lowest BCUT2D eigenvalue weighted by Crippen LogP contribution is -2.47. The van der Waals surface area contributed by atoms with E-state index in [1.807, 2.05) is 25.2 Å². The molecule has 1 fully saturated rings. The quantitative estimate of drug-likeness (QED) is 0.782. The van der Waals surface area contributed by atoms with Gasteiger partial charge in [0.15, 0.2) is 11.6 Å². The lowest BCUT2D eigenvalue weighted by atomic mass is 10.1. The van der Waals surface area contributed by atoms with Gasteiger partial charge in [-0.1, -0.05) is 18.2 Å². The molecule has 0 spiro atoms. The molecule has 0 N–H and O–H groups in total. The predicted octanol–water partition coefficient (Wildman–Crippen LogP) is 3.43. The van der Waals surface area contributed by atoms with Crippen molar-refractivity contribution in [2.75, 3.05) is 31.6 Å². The number of anilines is 1. The summed E-state index contributed by atoms with van der Waals surface area (Å²) in [6, 6.07) is 11.7. The minimum atomic E-state index is -3.93. The van der Waals surface area contributed by atoms with Crippen molar-refractivity contribution in [3.05, 3.63) is 53.8 Å². The third-order valence-corrected chi connectivity index (χ3v) is 7.11. The van der Waals surface area contributed by atoms with E-state index in [4.69, 9.17) is 4.74 Å². The van der Waals surface area contributed by atoms with E-state index in [2.05, 4.69) is 4.90 Å². The van der Waals surface area contributed by atoms with Crippen molar-refractivity contribution in [3.63, 3.8) is 0 Å². The highest BCUT2D eigenvalue weighted by molar-refractivity contribution is 7.93. The number of methoxy groups -OCH3 is 1. The van der Waals surface area contributed by atoms with Crippen LogP contribution in [0.15, 0.2) is 47.4 Å². The number of nitrogens with zero attached hydrogens (tertiary/aromatic N) is 2. The Balaban J connectivity index is 2.10. The fourth-order valence-electron chi connectivity index (χ4n) is 3.54. The SMILES string of the molecule is COc1ccc(S(=O)(=O)N(c2ccccc2)C2CCN(C)CC2)c(C)c1F. The molecule has 0 saturated carbocycles. The molecule has 1 aliphatic rings. The fourth-order valence-corrected chi connectivity index (χ4v) is 5.47. The van der Waals surface area contributed by atoms with E-state index in [-0.39, 0.29) is 22.3 Å². The normalized spacial score (nSPS) is 16.3. The maximum Gasteiger partial charge on any atom is 0.264 e. The number of piperidine rings is 1. The van der Waals surface area contributed by atoms with Gasteiger partial charge >= 0.3 is 0 Å². The number of benzene rings is 2. The molecule has 3 rings (SSSR count). The van der Waals surface area contributed by atoms with Gasteiger partial charge in [0.05, 0.1) is 17.7 Å².